The van der Waals surface area contributed by atoms with E-state index in [1.54, 1.807) is 12.1 Å². The van der Waals surface area contributed by atoms with Crippen LogP contribution in [0.25, 0.3) is 0 Å². The van der Waals surface area contributed by atoms with Gasteiger partial charge in [0.05, 0.1) is 11.3 Å². The molecule has 15 heavy (non-hydrogen) atoms. The molecule has 1 aliphatic rings. The molecular formula is C12H14FNO. The Morgan fingerprint density at radius 1 is 1.47 bits per heavy atom. The zero-order valence-corrected chi connectivity index (χ0v) is 8.96. The number of anilines is 1. The third-order valence-corrected chi connectivity index (χ3v) is 2.82. The number of ketones is 1. The highest BCUT2D eigenvalue weighted by Gasteiger charge is 2.29. The van der Waals surface area contributed by atoms with E-state index in [1.807, 2.05) is 11.9 Å². The zero-order chi connectivity index (χ0) is 11.0. The quantitative estimate of drug-likeness (QED) is 0.710. The van der Waals surface area contributed by atoms with Crippen LogP contribution in [-0.4, -0.2) is 18.9 Å². The first-order valence-electron chi connectivity index (χ1n) is 5.13. The lowest BCUT2D eigenvalue weighted by atomic mass is 10.1. The second-order valence-electron chi connectivity index (χ2n) is 4.03. The van der Waals surface area contributed by atoms with E-state index < -0.39 is 5.82 Å². The Morgan fingerprint density at radius 3 is 2.67 bits per heavy atom. The number of halogens is 1. The molecule has 0 aliphatic heterocycles. The van der Waals surface area contributed by atoms with Crippen LogP contribution in [0.5, 0.6) is 0 Å². The molecule has 0 heterocycles. The second kappa shape index (κ2) is 3.65. The number of benzene rings is 1. The molecule has 0 aromatic heterocycles. The highest BCUT2D eigenvalue weighted by atomic mass is 19.1. The van der Waals surface area contributed by atoms with Crippen LogP contribution in [0.3, 0.4) is 0 Å². The van der Waals surface area contributed by atoms with E-state index in [9.17, 15) is 9.18 Å². The van der Waals surface area contributed by atoms with Gasteiger partial charge in [0.25, 0.3) is 0 Å². The van der Waals surface area contributed by atoms with E-state index >= 15 is 0 Å². The van der Waals surface area contributed by atoms with Crippen molar-refractivity contribution in [1.29, 1.82) is 0 Å². The smallest absolute Gasteiger partial charge is 0.164 e. The van der Waals surface area contributed by atoms with E-state index in [4.69, 9.17) is 0 Å². The van der Waals surface area contributed by atoms with Crippen LogP contribution >= 0.6 is 0 Å². The summed E-state index contributed by atoms with van der Waals surface area (Å²) in [6.07, 6.45) is 2.26. The van der Waals surface area contributed by atoms with Crippen LogP contribution in [0, 0.1) is 5.82 Å². The molecule has 2 nitrogen and oxygen atoms in total. The van der Waals surface area contributed by atoms with Crippen LogP contribution in [0.15, 0.2) is 18.2 Å². The van der Waals surface area contributed by atoms with Crippen LogP contribution in [-0.2, 0) is 0 Å². The van der Waals surface area contributed by atoms with E-state index in [0.29, 0.717) is 11.7 Å². The van der Waals surface area contributed by atoms with Crippen LogP contribution in [0.4, 0.5) is 10.1 Å². The predicted molar refractivity (Wildman–Crippen MR) is 57.8 cm³/mol. The normalized spacial score (nSPS) is 15.1. The van der Waals surface area contributed by atoms with E-state index in [0.717, 1.165) is 12.8 Å². The summed E-state index contributed by atoms with van der Waals surface area (Å²) in [6, 6.07) is 5.26. The molecule has 1 aliphatic carbocycles. The molecule has 0 N–H and O–H groups in total. The molecule has 3 heteroatoms. The molecule has 0 bridgehead atoms. The summed E-state index contributed by atoms with van der Waals surface area (Å²) in [6.45, 7) is 1.41. The van der Waals surface area contributed by atoms with E-state index in [1.165, 1.54) is 13.0 Å². The Bertz CT molecular complexity index is 399. The number of carbonyl (C=O) groups excluding carboxylic acids is 1. The summed E-state index contributed by atoms with van der Waals surface area (Å²) >= 11 is 0. The van der Waals surface area contributed by atoms with Gasteiger partial charge in [0.2, 0.25) is 0 Å². The maximum atomic E-state index is 13.5. The predicted octanol–water partition coefficient (Wildman–Crippen LogP) is 2.63. The van der Waals surface area contributed by atoms with Gasteiger partial charge in [-0.25, -0.2) is 4.39 Å². The van der Waals surface area contributed by atoms with Gasteiger partial charge in [-0.15, -0.1) is 0 Å². The van der Waals surface area contributed by atoms with Crippen molar-refractivity contribution in [3.8, 4) is 0 Å². The molecule has 0 unspecified atom stereocenters. The Labute approximate surface area is 88.7 Å². The first kappa shape index (κ1) is 10.1. The van der Waals surface area contributed by atoms with Crippen molar-refractivity contribution in [3.05, 3.63) is 29.6 Å². The number of hydrogen-bond acceptors (Lipinski definition) is 2. The summed E-state index contributed by atoms with van der Waals surface area (Å²) in [5, 5.41) is 0. The van der Waals surface area contributed by atoms with Crippen molar-refractivity contribution in [2.45, 2.75) is 25.8 Å². The molecule has 1 aromatic rings. The van der Waals surface area contributed by atoms with Crippen LogP contribution in [0.2, 0.25) is 0 Å². The number of rotatable bonds is 3. The molecule has 1 saturated carbocycles. The largest absolute Gasteiger partial charge is 0.371 e. The summed E-state index contributed by atoms with van der Waals surface area (Å²) in [7, 11) is 1.92. The third-order valence-electron chi connectivity index (χ3n) is 2.82. The third kappa shape index (κ3) is 1.87. The molecule has 0 radical (unpaired) electrons. The summed E-state index contributed by atoms with van der Waals surface area (Å²) in [5.41, 5.74) is 0.928. The molecule has 1 aromatic carbocycles. The second-order valence-corrected chi connectivity index (χ2v) is 4.03. The van der Waals surface area contributed by atoms with Crippen LogP contribution in [0.1, 0.15) is 30.1 Å². The molecular weight excluding hydrogens is 193 g/mol. The number of carbonyl (C=O) groups is 1. The lowest BCUT2D eigenvalue weighted by Gasteiger charge is -2.21. The average Bonchev–Trinajstić information content (AvgIpc) is 2.98. The maximum Gasteiger partial charge on any atom is 0.164 e. The van der Waals surface area contributed by atoms with Crippen LogP contribution < -0.4 is 4.90 Å². The zero-order valence-electron chi connectivity index (χ0n) is 8.96. The molecule has 1 fully saturated rings. The monoisotopic (exact) mass is 207 g/mol. The minimum absolute atomic E-state index is 0.212. The minimum atomic E-state index is -0.424. The maximum absolute atomic E-state index is 13.5. The van der Waals surface area contributed by atoms with Gasteiger partial charge < -0.3 is 4.90 Å². The van der Waals surface area contributed by atoms with Gasteiger partial charge in [0.1, 0.15) is 5.82 Å². The van der Waals surface area contributed by atoms with Crippen molar-refractivity contribution in [1.82, 2.24) is 0 Å². The van der Waals surface area contributed by atoms with Gasteiger partial charge in [0.15, 0.2) is 5.78 Å². The summed E-state index contributed by atoms with van der Waals surface area (Å²) in [4.78, 5) is 13.4. The molecule has 80 valence electrons. The van der Waals surface area contributed by atoms with Gasteiger partial charge >= 0.3 is 0 Å². The highest BCUT2D eigenvalue weighted by Crippen LogP contribution is 2.33. The first-order valence-corrected chi connectivity index (χ1v) is 5.13. The lowest BCUT2D eigenvalue weighted by Crippen LogP contribution is -2.22. The average molecular weight is 207 g/mol. The van der Waals surface area contributed by atoms with Crippen molar-refractivity contribution in [3.63, 3.8) is 0 Å². The molecule has 0 saturated heterocycles. The molecule has 0 spiro atoms. The summed E-state index contributed by atoms with van der Waals surface area (Å²) in [5.74, 6) is -0.636. The Morgan fingerprint density at radius 2 is 2.13 bits per heavy atom. The van der Waals surface area contributed by atoms with Gasteiger partial charge in [-0.3, -0.25) is 4.79 Å². The van der Waals surface area contributed by atoms with Crippen molar-refractivity contribution in [2.75, 3.05) is 11.9 Å². The van der Waals surface area contributed by atoms with Gasteiger partial charge in [-0.1, -0.05) is 6.07 Å². The first-order chi connectivity index (χ1) is 7.11. The van der Waals surface area contributed by atoms with Crippen molar-refractivity contribution < 1.29 is 9.18 Å². The van der Waals surface area contributed by atoms with Gasteiger partial charge in [-0.2, -0.15) is 0 Å². The Balaban J connectivity index is 2.44. The number of Topliss-reactive ketones (excluding diaryl/α,β-unsaturated/α-hetero) is 1. The standard InChI is InChI=1S/C12H14FNO/c1-8(15)12-10(13)4-3-5-11(12)14(2)9-6-7-9/h3-5,9H,6-7H2,1-2H3. The molecule has 0 amide bonds. The topological polar surface area (TPSA) is 20.3 Å². The lowest BCUT2D eigenvalue weighted by molar-refractivity contribution is 0.101. The van der Waals surface area contributed by atoms with Crippen molar-refractivity contribution >= 4 is 11.5 Å². The highest BCUT2D eigenvalue weighted by molar-refractivity contribution is 6.00. The fraction of sp³-hybridized carbons (Fsp3) is 0.417. The van der Waals surface area contributed by atoms with E-state index in [-0.39, 0.29) is 11.3 Å². The number of nitrogens with zero attached hydrogens (tertiary/aromatic N) is 1. The SMILES string of the molecule is CC(=O)c1c(F)cccc1N(C)C1CC1. The molecule has 0 atom stereocenters. The molecule has 2 rings (SSSR count). The van der Waals surface area contributed by atoms with Crippen molar-refractivity contribution in [2.24, 2.45) is 0 Å². The van der Waals surface area contributed by atoms with Gasteiger partial charge in [-0.05, 0) is 31.9 Å². The minimum Gasteiger partial charge on any atom is -0.371 e. The Hall–Kier alpha value is -1.38. The number of hydrogen-bond donors (Lipinski definition) is 0. The van der Waals surface area contributed by atoms with E-state index in [2.05, 4.69) is 0 Å². The fourth-order valence-electron chi connectivity index (χ4n) is 1.81. The Kier molecular flexibility index (Phi) is 2.47. The van der Waals surface area contributed by atoms with Gasteiger partial charge in [0, 0.05) is 13.1 Å². The fourth-order valence-corrected chi connectivity index (χ4v) is 1.81. The summed E-state index contributed by atoms with van der Waals surface area (Å²) < 4.78 is 13.5.